The van der Waals surface area contributed by atoms with Gasteiger partial charge < -0.3 is 15.0 Å². The average Bonchev–Trinajstić information content (AvgIpc) is 3.05. The van der Waals surface area contributed by atoms with Gasteiger partial charge in [0.05, 0.1) is 6.42 Å². The molecule has 1 aromatic carbocycles. The highest BCUT2D eigenvalue weighted by molar-refractivity contribution is 5.88. The zero-order valence-electron chi connectivity index (χ0n) is 17.6. The highest BCUT2D eigenvalue weighted by atomic mass is 16.4. The molecule has 0 atom stereocenters. The Kier molecular flexibility index (Phi) is 7.22. The maximum atomic E-state index is 12.0. The van der Waals surface area contributed by atoms with E-state index in [1.54, 1.807) is 6.20 Å². The summed E-state index contributed by atoms with van der Waals surface area (Å²) < 4.78 is 2.02. The van der Waals surface area contributed by atoms with Crippen LogP contribution in [0.4, 0.5) is 0 Å². The number of carbonyl (C=O) groups excluding carboxylic acids is 1. The first-order valence-electron chi connectivity index (χ1n) is 10.4. The van der Waals surface area contributed by atoms with Crippen LogP contribution in [0.5, 0.6) is 0 Å². The third-order valence-electron chi connectivity index (χ3n) is 5.07. The van der Waals surface area contributed by atoms with Crippen LogP contribution >= 0.6 is 0 Å². The van der Waals surface area contributed by atoms with Crippen LogP contribution in [-0.4, -0.2) is 33.1 Å². The van der Waals surface area contributed by atoms with Crippen molar-refractivity contribution in [3.63, 3.8) is 0 Å². The number of fused-ring (bicyclic) bond motifs is 1. The van der Waals surface area contributed by atoms with Gasteiger partial charge >= 0.3 is 5.97 Å². The monoisotopic (exact) mass is 407 g/mol. The minimum absolute atomic E-state index is 0.0750. The van der Waals surface area contributed by atoms with Crippen LogP contribution in [0, 0.1) is 5.92 Å². The Balaban J connectivity index is 1.88. The summed E-state index contributed by atoms with van der Waals surface area (Å²) in [6, 6.07) is 10.1. The van der Waals surface area contributed by atoms with Crippen molar-refractivity contribution in [2.45, 2.75) is 46.1 Å². The lowest BCUT2D eigenvalue weighted by Gasteiger charge is -2.10. The topological polar surface area (TPSA) is 84.2 Å². The number of benzene rings is 1. The molecule has 6 nitrogen and oxygen atoms in total. The maximum absolute atomic E-state index is 12.0. The van der Waals surface area contributed by atoms with Crippen molar-refractivity contribution >= 4 is 22.8 Å². The zero-order valence-corrected chi connectivity index (χ0v) is 17.6. The van der Waals surface area contributed by atoms with Crippen LogP contribution in [0.2, 0.25) is 0 Å². The average molecular weight is 408 g/mol. The van der Waals surface area contributed by atoms with Crippen molar-refractivity contribution < 1.29 is 14.7 Å². The maximum Gasteiger partial charge on any atom is 0.305 e. The van der Waals surface area contributed by atoms with Gasteiger partial charge in [0.25, 0.3) is 0 Å². The zero-order chi connectivity index (χ0) is 21.5. The molecule has 2 N–H and O–H groups in total. The third kappa shape index (κ3) is 5.69. The van der Waals surface area contributed by atoms with Gasteiger partial charge in [-0.3, -0.25) is 14.6 Å². The molecule has 30 heavy (non-hydrogen) atoms. The summed E-state index contributed by atoms with van der Waals surface area (Å²) >= 11 is 0. The Morgan fingerprint density at radius 1 is 1.17 bits per heavy atom. The van der Waals surface area contributed by atoms with Gasteiger partial charge in [0.1, 0.15) is 0 Å². The summed E-state index contributed by atoms with van der Waals surface area (Å²) in [6.45, 7) is 5.07. The number of amides is 1. The molecule has 0 aliphatic heterocycles. The van der Waals surface area contributed by atoms with E-state index >= 15 is 0 Å². The van der Waals surface area contributed by atoms with Crippen LogP contribution in [0.3, 0.4) is 0 Å². The third-order valence-corrected chi connectivity index (χ3v) is 5.07. The fourth-order valence-corrected chi connectivity index (χ4v) is 3.76. The molecule has 2 aromatic heterocycles. The molecule has 158 valence electrons. The number of carboxylic acid groups (broad SMARTS) is 1. The second-order valence-electron chi connectivity index (χ2n) is 8.04. The Hall–Kier alpha value is -3.15. The van der Waals surface area contributed by atoms with E-state index in [0.29, 0.717) is 25.4 Å². The lowest BCUT2D eigenvalue weighted by atomic mass is 9.99. The summed E-state index contributed by atoms with van der Waals surface area (Å²) in [4.78, 5) is 27.3. The predicted molar refractivity (Wildman–Crippen MR) is 117 cm³/mol. The van der Waals surface area contributed by atoms with E-state index in [1.165, 1.54) is 0 Å². The fourth-order valence-electron chi connectivity index (χ4n) is 3.76. The van der Waals surface area contributed by atoms with Crippen molar-refractivity contribution in [2.75, 3.05) is 6.54 Å². The van der Waals surface area contributed by atoms with Crippen LogP contribution in [-0.2, 0) is 29.0 Å². The molecule has 3 rings (SSSR count). The summed E-state index contributed by atoms with van der Waals surface area (Å²) in [5.74, 6) is -0.399. The van der Waals surface area contributed by atoms with E-state index in [9.17, 15) is 9.59 Å². The molecule has 0 unspecified atom stereocenters. The lowest BCUT2D eigenvalue weighted by molar-refractivity contribution is -0.137. The fraction of sp³-hybridized carbons (Fsp3) is 0.375. The van der Waals surface area contributed by atoms with E-state index in [-0.39, 0.29) is 12.3 Å². The largest absolute Gasteiger partial charge is 0.481 e. The number of hydrogen-bond donors (Lipinski definition) is 2. The molecule has 1 amide bonds. The molecule has 0 aliphatic rings. The van der Waals surface area contributed by atoms with Crippen LogP contribution in [0.1, 0.15) is 43.4 Å². The molecule has 0 fully saturated rings. The number of nitrogens with one attached hydrogen (secondary N) is 1. The first kappa shape index (κ1) is 21.6. The normalized spacial score (nSPS) is 11.2. The highest BCUT2D eigenvalue weighted by Crippen LogP contribution is 2.28. The summed E-state index contributed by atoms with van der Waals surface area (Å²) in [5.41, 5.74) is 4.44. The minimum Gasteiger partial charge on any atom is -0.481 e. The number of pyridine rings is 1. The van der Waals surface area contributed by atoms with Gasteiger partial charge in [-0.15, -0.1) is 0 Å². The van der Waals surface area contributed by atoms with E-state index in [1.807, 2.05) is 48.9 Å². The Morgan fingerprint density at radius 3 is 2.70 bits per heavy atom. The van der Waals surface area contributed by atoms with Gasteiger partial charge in [-0.1, -0.05) is 32.0 Å². The second kappa shape index (κ2) is 10.1. The smallest absolute Gasteiger partial charge is 0.305 e. The molecular weight excluding hydrogens is 378 g/mol. The molecule has 0 aliphatic carbocycles. The summed E-state index contributed by atoms with van der Waals surface area (Å²) in [5, 5.41) is 13.3. The van der Waals surface area contributed by atoms with Crippen molar-refractivity contribution in [1.82, 2.24) is 14.9 Å². The van der Waals surface area contributed by atoms with Crippen molar-refractivity contribution in [1.29, 1.82) is 0 Å². The first-order chi connectivity index (χ1) is 14.4. The molecule has 0 saturated heterocycles. The number of aromatic nitrogens is 2. The summed E-state index contributed by atoms with van der Waals surface area (Å²) in [6.07, 6.45) is 7.72. The molecule has 0 spiro atoms. The SMILES string of the molecule is CC(C)CC(=O)NCCc1cccc2c1c(Cc1cccnc1)cn2CCC(=O)O. The molecule has 0 bridgehead atoms. The Bertz CT molecular complexity index is 1010. The van der Waals surface area contributed by atoms with Gasteiger partial charge in [-0.25, -0.2) is 0 Å². The van der Waals surface area contributed by atoms with Crippen molar-refractivity contribution in [3.8, 4) is 0 Å². The number of rotatable bonds is 10. The number of carbonyl (C=O) groups is 2. The highest BCUT2D eigenvalue weighted by Gasteiger charge is 2.14. The quantitative estimate of drug-likeness (QED) is 0.535. The predicted octanol–water partition coefficient (Wildman–Crippen LogP) is 3.81. The Labute approximate surface area is 176 Å². The number of carboxylic acids is 1. The van der Waals surface area contributed by atoms with Crippen LogP contribution in [0.15, 0.2) is 48.9 Å². The standard InChI is InChI=1S/C24H29N3O3/c1-17(2)13-22(28)26-11-8-19-6-3-7-21-24(19)20(14-18-5-4-10-25-15-18)16-27(21)12-9-23(29)30/h3-7,10,15-17H,8-9,11-14H2,1-2H3,(H,26,28)(H,29,30). The van der Waals surface area contributed by atoms with Crippen molar-refractivity contribution in [3.05, 3.63) is 65.6 Å². The number of aliphatic carboxylic acids is 1. The van der Waals surface area contributed by atoms with Gasteiger partial charge in [0.2, 0.25) is 5.91 Å². The Morgan fingerprint density at radius 2 is 2.00 bits per heavy atom. The summed E-state index contributed by atoms with van der Waals surface area (Å²) in [7, 11) is 0. The van der Waals surface area contributed by atoms with Gasteiger partial charge in [0.15, 0.2) is 0 Å². The van der Waals surface area contributed by atoms with Crippen LogP contribution in [0.25, 0.3) is 10.9 Å². The van der Waals surface area contributed by atoms with Crippen molar-refractivity contribution in [2.24, 2.45) is 5.92 Å². The molecule has 0 saturated carbocycles. The van der Waals surface area contributed by atoms with Gasteiger partial charge in [-0.2, -0.15) is 0 Å². The molecule has 6 heteroatoms. The first-order valence-corrected chi connectivity index (χ1v) is 10.4. The van der Waals surface area contributed by atoms with Gasteiger partial charge in [0, 0.05) is 55.4 Å². The van der Waals surface area contributed by atoms with Gasteiger partial charge in [-0.05, 0) is 41.2 Å². The molecule has 3 aromatic rings. The van der Waals surface area contributed by atoms with Crippen LogP contribution < -0.4 is 5.32 Å². The van der Waals surface area contributed by atoms with E-state index in [4.69, 9.17) is 5.11 Å². The second-order valence-corrected chi connectivity index (χ2v) is 8.04. The molecule has 2 heterocycles. The number of aryl methyl sites for hydroxylation is 1. The molecular formula is C24H29N3O3. The van der Waals surface area contributed by atoms with E-state index in [0.717, 1.165) is 40.4 Å². The van der Waals surface area contributed by atoms with E-state index in [2.05, 4.69) is 22.6 Å². The number of hydrogen-bond acceptors (Lipinski definition) is 3. The van der Waals surface area contributed by atoms with E-state index < -0.39 is 5.97 Å². The minimum atomic E-state index is -0.810. The molecule has 0 radical (unpaired) electrons. The number of nitrogens with zero attached hydrogens (tertiary/aromatic N) is 2. The lowest BCUT2D eigenvalue weighted by Crippen LogP contribution is -2.26.